The Balaban J connectivity index is 1.53. The van der Waals surface area contributed by atoms with Crippen molar-refractivity contribution in [1.29, 1.82) is 0 Å². The van der Waals surface area contributed by atoms with E-state index >= 15 is 0 Å². The molecule has 1 aliphatic rings. The number of carbonyl (C=O) groups is 1. The number of amides is 1. The van der Waals surface area contributed by atoms with E-state index in [4.69, 9.17) is 0 Å². The number of anilines is 1. The molecule has 0 atom stereocenters. The van der Waals surface area contributed by atoms with Crippen LogP contribution in [0, 0.1) is 11.7 Å². The fourth-order valence-corrected chi connectivity index (χ4v) is 4.45. The maximum Gasteiger partial charge on any atom is 0.258 e. The molecule has 1 aromatic carbocycles. The molecule has 3 aromatic rings. The summed E-state index contributed by atoms with van der Waals surface area (Å²) in [5.74, 6) is -0.346. The molecule has 0 bridgehead atoms. The first-order valence-electron chi connectivity index (χ1n) is 9.05. The summed E-state index contributed by atoms with van der Waals surface area (Å²) in [6.07, 6.45) is 7.14. The van der Waals surface area contributed by atoms with Crippen molar-refractivity contribution in [3.05, 3.63) is 51.0 Å². The van der Waals surface area contributed by atoms with E-state index in [1.165, 1.54) is 67.7 Å². The molecule has 27 heavy (non-hydrogen) atoms. The van der Waals surface area contributed by atoms with Gasteiger partial charge in [0.1, 0.15) is 10.8 Å². The van der Waals surface area contributed by atoms with Crippen LogP contribution in [-0.4, -0.2) is 21.1 Å². The number of aromatic nitrogens is 3. The van der Waals surface area contributed by atoms with Gasteiger partial charge in [0.2, 0.25) is 10.7 Å². The molecule has 2 aromatic heterocycles. The SMILES string of the molecule is O=C(Nc1nnc(CC2CCCCC2)s1)c1cc(=O)[nH]c2ccc(F)cc12. The number of hydrogen-bond acceptors (Lipinski definition) is 5. The normalized spacial score (nSPS) is 15.1. The summed E-state index contributed by atoms with van der Waals surface area (Å²) >= 11 is 1.35. The van der Waals surface area contributed by atoms with Gasteiger partial charge in [-0.2, -0.15) is 0 Å². The van der Waals surface area contributed by atoms with Crippen LogP contribution in [0.25, 0.3) is 10.9 Å². The Bertz CT molecular complexity index is 1040. The van der Waals surface area contributed by atoms with Gasteiger partial charge in [-0.15, -0.1) is 10.2 Å². The Labute approximate surface area is 158 Å². The molecule has 8 heteroatoms. The van der Waals surface area contributed by atoms with Crippen LogP contribution in [0.2, 0.25) is 0 Å². The van der Waals surface area contributed by atoms with Crippen LogP contribution in [0.1, 0.15) is 47.5 Å². The number of benzene rings is 1. The second-order valence-corrected chi connectivity index (χ2v) is 7.96. The molecule has 1 amide bonds. The van der Waals surface area contributed by atoms with Gasteiger partial charge in [-0.05, 0) is 24.1 Å². The molecule has 4 rings (SSSR count). The lowest BCUT2D eigenvalue weighted by molar-refractivity contribution is 0.102. The van der Waals surface area contributed by atoms with Crippen molar-refractivity contribution < 1.29 is 9.18 Å². The molecule has 0 spiro atoms. The zero-order valence-electron chi connectivity index (χ0n) is 14.6. The Morgan fingerprint density at radius 3 is 2.85 bits per heavy atom. The smallest absolute Gasteiger partial charge is 0.258 e. The largest absolute Gasteiger partial charge is 0.322 e. The van der Waals surface area contributed by atoms with Gasteiger partial charge in [0.05, 0.1) is 5.56 Å². The third-order valence-corrected chi connectivity index (χ3v) is 5.79. The number of nitrogens with zero attached hydrogens (tertiary/aromatic N) is 2. The van der Waals surface area contributed by atoms with E-state index in [1.54, 1.807) is 0 Å². The monoisotopic (exact) mass is 386 g/mol. The van der Waals surface area contributed by atoms with Gasteiger partial charge in [-0.1, -0.05) is 43.4 Å². The Morgan fingerprint density at radius 2 is 2.04 bits per heavy atom. The highest BCUT2D eigenvalue weighted by Crippen LogP contribution is 2.29. The standard InChI is InChI=1S/C19H19FN4O2S/c20-12-6-7-15-13(9-12)14(10-16(25)21-15)18(26)22-19-24-23-17(27-19)8-11-4-2-1-3-5-11/h6-7,9-11H,1-5,8H2,(H,21,25)(H,22,24,26). The summed E-state index contributed by atoms with van der Waals surface area (Å²) in [7, 11) is 0. The zero-order chi connectivity index (χ0) is 18.8. The maximum absolute atomic E-state index is 13.6. The molecule has 0 saturated heterocycles. The number of carbonyl (C=O) groups excluding carboxylic acids is 1. The van der Waals surface area contributed by atoms with E-state index in [-0.39, 0.29) is 5.56 Å². The van der Waals surface area contributed by atoms with Crippen LogP contribution in [0.3, 0.4) is 0 Å². The van der Waals surface area contributed by atoms with Crippen LogP contribution < -0.4 is 10.9 Å². The molecule has 140 valence electrons. The number of fused-ring (bicyclic) bond motifs is 1. The molecule has 0 unspecified atom stereocenters. The lowest BCUT2D eigenvalue weighted by atomic mass is 9.87. The predicted molar refractivity (Wildman–Crippen MR) is 103 cm³/mol. The highest BCUT2D eigenvalue weighted by atomic mass is 32.1. The van der Waals surface area contributed by atoms with Crippen LogP contribution in [0.4, 0.5) is 9.52 Å². The van der Waals surface area contributed by atoms with E-state index < -0.39 is 17.3 Å². The predicted octanol–water partition coefficient (Wildman–Crippen LogP) is 3.89. The van der Waals surface area contributed by atoms with Crippen molar-refractivity contribution in [2.75, 3.05) is 5.32 Å². The fourth-order valence-electron chi connectivity index (χ4n) is 3.60. The zero-order valence-corrected chi connectivity index (χ0v) is 15.4. The number of H-pyrrole nitrogens is 1. The lowest BCUT2D eigenvalue weighted by Gasteiger charge is -2.19. The van der Waals surface area contributed by atoms with Gasteiger partial charge < -0.3 is 4.98 Å². The van der Waals surface area contributed by atoms with E-state index in [0.29, 0.717) is 22.0 Å². The van der Waals surface area contributed by atoms with Gasteiger partial charge in [-0.3, -0.25) is 14.9 Å². The minimum atomic E-state index is -0.503. The van der Waals surface area contributed by atoms with Crippen LogP contribution >= 0.6 is 11.3 Å². The minimum absolute atomic E-state index is 0.109. The minimum Gasteiger partial charge on any atom is -0.322 e. The molecular weight excluding hydrogens is 367 g/mol. The average molecular weight is 386 g/mol. The van der Waals surface area contributed by atoms with Crippen molar-refractivity contribution in [2.24, 2.45) is 5.92 Å². The Morgan fingerprint density at radius 1 is 1.22 bits per heavy atom. The number of hydrogen-bond donors (Lipinski definition) is 2. The molecule has 1 fully saturated rings. The Hall–Kier alpha value is -2.61. The van der Waals surface area contributed by atoms with Crippen molar-refractivity contribution >= 4 is 33.3 Å². The molecular formula is C19H19FN4O2S. The van der Waals surface area contributed by atoms with E-state index in [0.717, 1.165) is 11.4 Å². The molecule has 2 N–H and O–H groups in total. The second-order valence-electron chi connectivity index (χ2n) is 6.90. The maximum atomic E-state index is 13.6. The van der Waals surface area contributed by atoms with Crippen molar-refractivity contribution in [2.45, 2.75) is 38.5 Å². The molecule has 0 aliphatic heterocycles. The number of halogens is 1. The quantitative estimate of drug-likeness (QED) is 0.712. The van der Waals surface area contributed by atoms with Crippen molar-refractivity contribution in [1.82, 2.24) is 15.2 Å². The summed E-state index contributed by atoms with van der Waals surface area (Å²) in [6, 6.07) is 5.08. The second kappa shape index (κ2) is 7.56. The van der Waals surface area contributed by atoms with Crippen molar-refractivity contribution in [3.8, 4) is 0 Å². The van der Waals surface area contributed by atoms with E-state index in [9.17, 15) is 14.0 Å². The van der Waals surface area contributed by atoms with Gasteiger partial charge in [-0.25, -0.2) is 4.39 Å². The summed E-state index contributed by atoms with van der Waals surface area (Å²) < 4.78 is 13.6. The number of pyridine rings is 1. The first kappa shape index (κ1) is 17.8. The molecule has 6 nitrogen and oxygen atoms in total. The summed E-state index contributed by atoms with van der Waals surface area (Å²) in [6.45, 7) is 0. The van der Waals surface area contributed by atoms with Crippen molar-refractivity contribution in [3.63, 3.8) is 0 Å². The topological polar surface area (TPSA) is 87.7 Å². The van der Waals surface area contributed by atoms with Gasteiger partial charge in [0, 0.05) is 23.4 Å². The summed E-state index contributed by atoms with van der Waals surface area (Å²) in [5.41, 5.74) is 0.0936. The van der Waals surface area contributed by atoms with Gasteiger partial charge in [0.15, 0.2) is 0 Å². The fraction of sp³-hybridized carbons (Fsp3) is 0.368. The van der Waals surface area contributed by atoms with Crippen LogP contribution in [0.5, 0.6) is 0 Å². The first-order valence-corrected chi connectivity index (χ1v) is 9.86. The number of aromatic amines is 1. The van der Waals surface area contributed by atoms with Gasteiger partial charge in [0.25, 0.3) is 5.91 Å². The molecule has 1 saturated carbocycles. The molecule has 1 aliphatic carbocycles. The highest BCUT2D eigenvalue weighted by Gasteiger charge is 2.18. The molecule has 0 radical (unpaired) electrons. The van der Waals surface area contributed by atoms with Crippen LogP contribution in [0.15, 0.2) is 29.1 Å². The number of rotatable bonds is 4. The Kier molecular flexibility index (Phi) is 4.98. The lowest BCUT2D eigenvalue weighted by Crippen LogP contribution is -2.16. The van der Waals surface area contributed by atoms with Gasteiger partial charge >= 0.3 is 0 Å². The summed E-state index contributed by atoms with van der Waals surface area (Å²) in [5, 5.41) is 12.5. The third kappa shape index (κ3) is 4.05. The highest BCUT2D eigenvalue weighted by molar-refractivity contribution is 7.15. The van der Waals surface area contributed by atoms with E-state index in [2.05, 4.69) is 20.5 Å². The summed E-state index contributed by atoms with van der Waals surface area (Å²) in [4.78, 5) is 27.1. The first-order chi connectivity index (χ1) is 13.1. The van der Waals surface area contributed by atoms with Crippen LogP contribution in [-0.2, 0) is 6.42 Å². The molecule has 2 heterocycles. The van der Waals surface area contributed by atoms with E-state index in [1.807, 2.05) is 0 Å². The third-order valence-electron chi connectivity index (χ3n) is 4.93. The average Bonchev–Trinajstić information content (AvgIpc) is 3.09. The number of nitrogens with one attached hydrogen (secondary N) is 2.